The van der Waals surface area contributed by atoms with Gasteiger partial charge in [0.15, 0.2) is 0 Å². The number of rotatable bonds is 4. The molecule has 1 aliphatic carbocycles. The quantitative estimate of drug-likeness (QED) is 0.702. The molecule has 0 unspecified atom stereocenters. The van der Waals surface area contributed by atoms with Crippen LogP contribution in [0, 0.1) is 12.3 Å². The first-order valence-corrected chi connectivity index (χ1v) is 11.6. The second-order valence-corrected chi connectivity index (χ2v) is 9.89. The monoisotopic (exact) mass is 435 g/mol. The van der Waals surface area contributed by atoms with Gasteiger partial charge in [-0.05, 0) is 63.6 Å². The van der Waals surface area contributed by atoms with E-state index in [4.69, 9.17) is 4.74 Å². The van der Waals surface area contributed by atoms with Crippen LogP contribution in [0.2, 0.25) is 0 Å². The van der Waals surface area contributed by atoms with Crippen molar-refractivity contribution >= 4 is 16.6 Å². The van der Waals surface area contributed by atoms with Crippen LogP contribution in [0.1, 0.15) is 44.2 Å². The first kappa shape index (κ1) is 21.1. The summed E-state index contributed by atoms with van der Waals surface area (Å²) in [5, 5.41) is 4.53. The van der Waals surface area contributed by atoms with Crippen LogP contribution in [0.15, 0.2) is 24.3 Å². The highest BCUT2D eigenvalue weighted by molar-refractivity contribution is 5.93. The number of hydrogen-bond donors (Lipinski definition) is 1. The van der Waals surface area contributed by atoms with Gasteiger partial charge < -0.3 is 14.6 Å². The molecule has 0 radical (unpaired) electrons. The third-order valence-electron chi connectivity index (χ3n) is 7.69. The number of aryl methyl sites for hydroxylation is 1. The summed E-state index contributed by atoms with van der Waals surface area (Å²) < 4.78 is 45.9. The molecule has 170 valence electrons. The minimum atomic E-state index is -4.22. The number of fused-ring (bicyclic) bond motifs is 1. The van der Waals surface area contributed by atoms with E-state index in [1.54, 1.807) is 13.0 Å². The Labute approximate surface area is 181 Å². The van der Waals surface area contributed by atoms with Gasteiger partial charge in [0.05, 0.1) is 5.52 Å². The third-order valence-corrected chi connectivity index (χ3v) is 7.69. The van der Waals surface area contributed by atoms with Crippen molar-refractivity contribution in [1.29, 1.82) is 0 Å². The molecular weight excluding hydrogens is 403 g/mol. The number of benzene rings is 1. The summed E-state index contributed by atoms with van der Waals surface area (Å²) in [6.45, 7) is 5.09. The van der Waals surface area contributed by atoms with Gasteiger partial charge in [0.25, 0.3) is 0 Å². The van der Waals surface area contributed by atoms with Crippen LogP contribution in [0.3, 0.4) is 0 Å². The second kappa shape index (κ2) is 8.00. The lowest BCUT2D eigenvalue weighted by molar-refractivity contribution is -0.140. The second-order valence-electron chi connectivity index (χ2n) is 9.89. The van der Waals surface area contributed by atoms with E-state index >= 15 is 0 Å². The highest BCUT2D eigenvalue weighted by atomic mass is 19.4. The molecule has 7 heteroatoms. The van der Waals surface area contributed by atoms with E-state index in [-0.39, 0.29) is 0 Å². The molecule has 3 heterocycles. The van der Waals surface area contributed by atoms with E-state index in [1.807, 2.05) is 18.2 Å². The summed E-state index contributed by atoms with van der Waals surface area (Å²) in [6.07, 6.45) is 2.78. The molecule has 1 N–H and O–H groups in total. The number of alkyl halides is 3. The average Bonchev–Trinajstić information content (AvgIpc) is 3.02. The number of ether oxygens (including phenoxy) is 1. The summed E-state index contributed by atoms with van der Waals surface area (Å²) in [5.74, 6) is 0. The zero-order valence-electron chi connectivity index (χ0n) is 18.2. The molecule has 0 bridgehead atoms. The Morgan fingerprint density at radius 1 is 1.10 bits per heavy atom. The van der Waals surface area contributed by atoms with Crippen molar-refractivity contribution in [1.82, 2.24) is 9.47 Å². The Hall–Kier alpha value is -1.73. The Morgan fingerprint density at radius 3 is 2.48 bits per heavy atom. The Balaban J connectivity index is 1.20. The van der Waals surface area contributed by atoms with Gasteiger partial charge >= 0.3 is 6.18 Å². The molecular formula is C24H32F3N3O. The fourth-order valence-corrected chi connectivity index (χ4v) is 5.93. The Kier molecular flexibility index (Phi) is 5.45. The molecule has 0 atom stereocenters. The molecule has 2 aromatic rings. The molecule has 5 rings (SSSR count). The van der Waals surface area contributed by atoms with Gasteiger partial charge in [0.2, 0.25) is 0 Å². The predicted octanol–water partition coefficient (Wildman–Crippen LogP) is 5.35. The average molecular weight is 436 g/mol. The van der Waals surface area contributed by atoms with Gasteiger partial charge in [0.1, 0.15) is 6.54 Å². The van der Waals surface area contributed by atoms with Gasteiger partial charge in [-0.2, -0.15) is 13.2 Å². The summed E-state index contributed by atoms with van der Waals surface area (Å²) in [7, 11) is 0. The summed E-state index contributed by atoms with van der Waals surface area (Å²) >= 11 is 0. The van der Waals surface area contributed by atoms with E-state index in [2.05, 4.69) is 10.2 Å². The number of halogens is 3. The van der Waals surface area contributed by atoms with Crippen molar-refractivity contribution in [3.05, 3.63) is 30.0 Å². The molecule has 1 saturated carbocycles. The van der Waals surface area contributed by atoms with Crippen molar-refractivity contribution in [3.8, 4) is 0 Å². The maximum absolute atomic E-state index is 13.0. The number of nitrogens with one attached hydrogen (secondary N) is 1. The van der Waals surface area contributed by atoms with E-state index in [1.165, 1.54) is 43.3 Å². The normalized spacial score (nSPS) is 26.8. The molecule has 1 aromatic carbocycles. The number of anilines is 1. The van der Waals surface area contributed by atoms with Crippen LogP contribution in [0.5, 0.6) is 0 Å². The molecule has 1 aromatic heterocycles. The molecule has 0 amide bonds. The summed E-state index contributed by atoms with van der Waals surface area (Å²) in [5.41, 5.74) is 2.76. The zero-order chi connectivity index (χ0) is 21.6. The Morgan fingerprint density at radius 2 is 1.81 bits per heavy atom. The molecule has 1 spiro atoms. The number of likely N-dealkylation sites (tertiary alicyclic amines) is 1. The van der Waals surface area contributed by atoms with Gasteiger partial charge in [-0.25, -0.2) is 0 Å². The van der Waals surface area contributed by atoms with Crippen molar-refractivity contribution in [2.24, 2.45) is 5.41 Å². The van der Waals surface area contributed by atoms with Gasteiger partial charge in [-0.15, -0.1) is 0 Å². The lowest BCUT2D eigenvalue weighted by Gasteiger charge is -2.56. The van der Waals surface area contributed by atoms with Crippen molar-refractivity contribution in [2.45, 2.75) is 70.3 Å². The molecule has 2 aliphatic heterocycles. The van der Waals surface area contributed by atoms with Crippen molar-refractivity contribution in [3.63, 3.8) is 0 Å². The van der Waals surface area contributed by atoms with E-state index in [9.17, 15) is 13.2 Å². The molecule has 2 saturated heterocycles. The fourth-order valence-electron chi connectivity index (χ4n) is 5.93. The van der Waals surface area contributed by atoms with Crippen molar-refractivity contribution < 1.29 is 17.9 Å². The first-order chi connectivity index (χ1) is 14.8. The summed E-state index contributed by atoms with van der Waals surface area (Å²) in [6, 6.07) is 8.57. The van der Waals surface area contributed by atoms with E-state index < -0.39 is 12.7 Å². The van der Waals surface area contributed by atoms with E-state index in [0.717, 1.165) is 37.1 Å². The van der Waals surface area contributed by atoms with Crippen LogP contribution >= 0.6 is 0 Å². The fraction of sp³-hybridized carbons (Fsp3) is 0.667. The molecule has 4 nitrogen and oxygen atoms in total. The zero-order valence-corrected chi connectivity index (χ0v) is 18.2. The largest absolute Gasteiger partial charge is 0.406 e. The van der Waals surface area contributed by atoms with E-state index in [0.29, 0.717) is 28.7 Å². The third kappa shape index (κ3) is 4.31. The number of aromatic nitrogens is 1. The molecule has 3 aliphatic rings. The molecule has 31 heavy (non-hydrogen) atoms. The SMILES string of the molecule is Cc1cc2c(NC3CCC(N4CC5(CCOCC5)C4)CC3)cccc2n1CC(F)(F)F. The lowest BCUT2D eigenvalue weighted by atomic mass is 9.71. The van der Waals surface area contributed by atoms with Crippen LogP contribution in [-0.2, 0) is 11.3 Å². The minimum Gasteiger partial charge on any atom is -0.382 e. The number of hydrogen-bond acceptors (Lipinski definition) is 3. The number of nitrogens with zero attached hydrogens (tertiary/aromatic N) is 2. The smallest absolute Gasteiger partial charge is 0.382 e. The van der Waals surface area contributed by atoms with Crippen LogP contribution in [0.25, 0.3) is 10.9 Å². The summed E-state index contributed by atoms with van der Waals surface area (Å²) in [4.78, 5) is 2.67. The Bertz CT molecular complexity index is 916. The highest BCUT2D eigenvalue weighted by Crippen LogP contribution is 2.43. The van der Waals surface area contributed by atoms with Crippen molar-refractivity contribution in [2.75, 3.05) is 31.6 Å². The molecule has 3 fully saturated rings. The highest BCUT2D eigenvalue weighted by Gasteiger charge is 2.46. The maximum atomic E-state index is 13.0. The van der Waals surface area contributed by atoms with Crippen LogP contribution in [-0.4, -0.2) is 54.0 Å². The van der Waals surface area contributed by atoms with Gasteiger partial charge in [0, 0.05) is 60.6 Å². The maximum Gasteiger partial charge on any atom is 0.406 e. The predicted molar refractivity (Wildman–Crippen MR) is 116 cm³/mol. The topological polar surface area (TPSA) is 29.4 Å². The minimum absolute atomic E-state index is 0.381. The first-order valence-electron chi connectivity index (χ1n) is 11.6. The van der Waals surface area contributed by atoms with Crippen LogP contribution in [0.4, 0.5) is 18.9 Å². The van der Waals surface area contributed by atoms with Crippen LogP contribution < -0.4 is 5.32 Å². The lowest BCUT2D eigenvalue weighted by Crippen LogP contribution is -2.62. The van der Waals surface area contributed by atoms with Gasteiger partial charge in [-0.3, -0.25) is 4.90 Å². The van der Waals surface area contributed by atoms with Gasteiger partial charge in [-0.1, -0.05) is 6.07 Å². The standard InChI is InChI=1S/C24H32F3N3O/c1-17-13-20-21(3-2-4-22(20)30(17)16-24(25,26)27)28-18-5-7-19(8-6-18)29-14-23(15-29)9-11-31-12-10-23/h2-4,13,18-19,28H,5-12,14-16H2,1H3.